The van der Waals surface area contributed by atoms with Gasteiger partial charge in [-0.25, -0.2) is 0 Å². The van der Waals surface area contributed by atoms with Crippen LogP contribution in [0.25, 0.3) is 0 Å². The third-order valence-electron chi connectivity index (χ3n) is 2.65. The second-order valence-electron chi connectivity index (χ2n) is 3.73. The number of piperidine rings is 1. The first-order valence-electron chi connectivity index (χ1n) is 5.57. The molecule has 1 atom stereocenters. The Kier molecular flexibility index (Phi) is 4.46. The standard InChI is InChI=1S/C11H17NO4/c1-3-10(14)12-6-5-8(9(13)7-12)11(15)16-4-2/h8H,3-7H2,1-2H3. The Hall–Kier alpha value is -1.39. The lowest BCUT2D eigenvalue weighted by Gasteiger charge is -2.29. The van der Waals surface area contributed by atoms with E-state index in [2.05, 4.69) is 0 Å². The fourth-order valence-corrected chi connectivity index (χ4v) is 1.75. The fourth-order valence-electron chi connectivity index (χ4n) is 1.75. The number of rotatable bonds is 3. The summed E-state index contributed by atoms with van der Waals surface area (Å²) in [6, 6.07) is 0. The second kappa shape index (κ2) is 5.63. The highest BCUT2D eigenvalue weighted by Gasteiger charge is 2.34. The van der Waals surface area contributed by atoms with Gasteiger partial charge in [0.15, 0.2) is 5.78 Å². The smallest absolute Gasteiger partial charge is 0.316 e. The SMILES string of the molecule is CCOC(=O)C1CCN(C(=O)CC)CC1=O. The number of hydrogen-bond acceptors (Lipinski definition) is 4. The first-order valence-corrected chi connectivity index (χ1v) is 5.57. The van der Waals surface area contributed by atoms with Crippen molar-refractivity contribution in [1.82, 2.24) is 4.90 Å². The zero-order chi connectivity index (χ0) is 12.1. The van der Waals surface area contributed by atoms with Crippen molar-refractivity contribution in [3.63, 3.8) is 0 Å². The highest BCUT2D eigenvalue weighted by Crippen LogP contribution is 2.16. The lowest BCUT2D eigenvalue weighted by molar-refractivity contribution is -0.155. The summed E-state index contributed by atoms with van der Waals surface area (Å²) in [5.41, 5.74) is 0. The molecule has 5 nitrogen and oxygen atoms in total. The maximum Gasteiger partial charge on any atom is 0.316 e. The van der Waals surface area contributed by atoms with Crippen molar-refractivity contribution in [2.24, 2.45) is 5.92 Å². The molecule has 1 rings (SSSR count). The molecule has 0 saturated carbocycles. The zero-order valence-corrected chi connectivity index (χ0v) is 9.69. The topological polar surface area (TPSA) is 63.7 Å². The van der Waals surface area contributed by atoms with E-state index in [1.165, 1.54) is 4.90 Å². The summed E-state index contributed by atoms with van der Waals surface area (Å²) >= 11 is 0. The fraction of sp³-hybridized carbons (Fsp3) is 0.727. The van der Waals surface area contributed by atoms with E-state index >= 15 is 0 Å². The van der Waals surface area contributed by atoms with Crippen LogP contribution in [0.1, 0.15) is 26.7 Å². The van der Waals surface area contributed by atoms with Gasteiger partial charge in [-0.1, -0.05) is 6.92 Å². The van der Waals surface area contributed by atoms with E-state index in [1.807, 2.05) is 0 Å². The van der Waals surface area contributed by atoms with Crippen molar-refractivity contribution in [1.29, 1.82) is 0 Å². The Labute approximate surface area is 94.7 Å². The van der Waals surface area contributed by atoms with E-state index in [-0.39, 0.29) is 24.8 Å². The summed E-state index contributed by atoms with van der Waals surface area (Å²) in [5.74, 6) is -1.40. The number of likely N-dealkylation sites (tertiary alicyclic amines) is 1. The minimum absolute atomic E-state index is 0.0379. The zero-order valence-electron chi connectivity index (χ0n) is 9.69. The van der Waals surface area contributed by atoms with Crippen LogP contribution < -0.4 is 0 Å². The molecule has 1 heterocycles. The van der Waals surface area contributed by atoms with Crippen molar-refractivity contribution in [2.75, 3.05) is 19.7 Å². The van der Waals surface area contributed by atoms with Crippen LogP contribution in [0.5, 0.6) is 0 Å². The maximum atomic E-state index is 11.6. The Morgan fingerprint density at radius 1 is 1.44 bits per heavy atom. The van der Waals surface area contributed by atoms with Crippen LogP contribution in [0.15, 0.2) is 0 Å². The Balaban J connectivity index is 2.55. The maximum absolute atomic E-state index is 11.6. The van der Waals surface area contributed by atoms with Crippen LogP contribution in [0.2, 0.25) is 0 Å². The van der Waals surface area contributed by atoms with E-state index < -0.39 is 11.9 Å². The molecule has 0 N–H and O–H groups in total. The summed E-state index contributed by atoms with van der Waals surface area (Å²) in [7, 11) is 0. The quantitative estimate of drug-likeness (QED) is 0.516. The molecule has 0 bridgehead atoms. The van der Waals surface area contributed by atoms with Crippen LogP contribution in [-0.2, 0) is 19.1 Å². The molecule has 90 valence electrons. The Morgan fingerprint density at radius 2 is 2.12 bits per heavy atom. The van der Waals surface area contributed by atoms with Crippen LogP contribution in [0.4, 0.5) is 0 Å². The second-order valence-corrected chi connectivity index (χ2v) is 3.73. The van der Waals surface area contributed by atoms with Gasteiger partial charge in [0.25, 0.3) is 0 Å². The molecule has 0 aromatic rings. The molecular weight excluding hydrogens is 210 g/mol. The average Bonchev–Trinajstić information content (AvgIpc) is 2.28. The third kappa shape index (κ3) is 2.81. The number of Topliss-reactive ketones (excluding diaryl/α,β-unsaturated/α-hetero) is 1. The average molecular weight is 227 g/mol. The van der Waals surface area contributed by atoms with Crippen LogP contribution in [0, 0.1) is 5.92 Å². The molecule has 16 heavy (non-hydrogen) atoms. The minimum Gasteiger partial charge on any atom is -0.465 e. The first-order chi connectivity index (χ1) is 7.60. The van der Waals surface area contributed by atoms with E-state index in [4.69, 9.17) is 4.74 Å². The van der Waals surface area contributed by atoms with Gasteiger partial charge in [-0.15, -0.1) is 0 Å². The molecule has 0 spiro atoms. The van der Waals surface area contributed by atoms with Gasteiger partial charge in [-0.05, 0) is 13.3 Å². The van der Waals surface area contributed by atoms with Crippen LogP contribution >= 0.6 is 0 Å². The monoisotopic (exact) mass is 227 g/mol. The van der Waals surface area contributed by atoms with Gasteiger partial charge in [0.2, 0.25) is 5.91 Å². The molecule has 1 fully saturated rings. The molecule has 1 aliphatic rings. The van der Waals surface area contributed by atoms with E-state index in [1.54, 1.807) is 13.8 Å². The summed E-state index contributed by atoms with van der Waals surface area (Å²) in [5, 5.41) is 0. The normalized spacial score (nSPS) is 20.8. The number of ketones is 1. The Bertz CT molecular complexity index is 300. The molecular formula is C11H17NO4. The first kappa shape index (κ1) is 12.7. The van der Waals surface area contributed by atoms with Crippen LogP contribution in [0.3, 0.4) is 0 Å². The number of carbonyl (C=O) groups excluding carboxylic acids is 3. The van der Waals surface area contributed by atoms with Crippen molar-refractivity contribution < 1.29 is 19.1 Å². The van der Waals surface area contributed by atoms with E-state index in [0.29, 0.717) is 19.4 Å². The molecule has 0 aromatic carbocycles. The van der Waals surface area contributed by atoms with E-state index in [0.717, 1.165) is 0 Å². The van der Waals surface area contributed by atoms with Crippen molar-refractivity contribution in [3.05, 3.63) is 0 Å². The predicted octanol–water partition coefficient (Wildman–Crippen LogP) is 0.377. The van der Waals surface area contributed by atoms with Crippen LogP contribution in [-0.4, -0.2) is 42.3 Å². The van der Waals surface area contributed by atoms with E-state index in [9.17, 15) is 14.4 Å². The molecule has 5 heteroatoms. The summed E-state index contributed by atoms with van der Waals surface area (Å²) < 4.78 is 4.81. The van der Waals surface area contributed by atoms with Gasteiger partial charge in [0, 0.05) is 13.0 Å². The van der Waals surface area contributed by atoms with Gasteiger partial charge in [0.05, 0.1) is 13.2 Å². The van der Waals surface area contributed by atoms with Gasteiger partial charge in [-0.3, -0.25) is 14.4 Å². The molecule has 1 unspecified atom stereocenters. The highest BCUT2D eigenvalue weighted by atomic mass is 16.5. The van der Waals surface area contributed by atoms with Crippen molar-refractivity contribution in [3.8, 4) is 0 Å². The summed E-state index contributed by atoms with van der Waals surface area (Å²) in [6.07, 6.45) is 0.765. The largest absolute Gasteiger partial charge is 0.465 e. The summed E-state index contributed by atoms with van der Waals surface area (Å²) in [4.78, 5) is 35.9. The number of esters is 1. The van der Waals surface area contributed by atoms with Crippen molar-refractivity contribution >= 4 is 17.7 Å². The number of carbonyl (C=O) groups is 3. The van der Waals surface area contributed by atoms with Gasteiger partial charge in [0.1, 0.15) is 5.92 Å². The third-order valence-corrected chi connectivity index (χ3v) is 2.65. The molecule has 1 aliphatic heterocycles. The lowest BCUT2D eigenvalue weighted by atomic mass is 9.95. The number of ether oxygens (including phenoxy) is 1. The summed E-state index contributed by atoms with van der Waals surface area (Å²) in [6.45, 7) is 4.24. The predicted molar refractivity (Wildman–Crippen MR) is 56.6 cm³/mol. The van der Waals surface area contributed by atoms with Crippen molar-refractivity contribution in [2.45, 2.75) is 26.7 Å². The number of amides is 1. The van der Waals surface area contributed by atoms with Gasteiger partial charge >= 0.3 is 5.97 Å². The molecule has 0 radical (unpaired) electrons. The molecule has 1 saturated heterocycles. The Morgan fingerprint density at radius 3 is 2.62 bits per heavy atom. The molecule has 0 aliphatic carbocycles. The highest BCUT2D eigenvalue weighted by molar-refractivity contribution is 6.01. The lowest BCUT2D eigenvalue weighted by Crippen LogP contribution is -2.46. The molecule has 0 aromatic heterocycles. The number of nitrogens with zero attached hydrogens (tertiary/aromatic N) is 1. The minimum atomic E-state index is -0.680. The van der Waals surface area contributed by atoms with Gasteiger partial charge < -0.3 is 9.64 Å². The van der Waals surface area contributed by atoms with Gasteiger partial charge in [-0.2, -0.15) is 0 Å². The molecule has 1 amide bonds. The number of hydrogen-bond donors (Lipinski definition) is 0.